The van der Waals surface area contributed by atoms with Gasteiger partial charge >= 0.3 is 12.0 Å². The zero-order chi connectivity index (χ0) is 14.1. The maximum Gasteiger partial charge on any atom is 0.338 e. The first-order valence-electron chi connectivity index (χ1n) is 6.39. The summed E-state index contributed by atoms with van der Waals surface area (Å²) in [5, 5.41) is 5.34. The van der Waals surface area contributed by atoms with Crippen molar-refractivity contribution in [1.82, 2.24) is 10.6 Å². The van der Waals surface area contributed by atoms with Gasteiger partial charge in [-0.3, -0.25) is 0 Å². The number of carbonyl (C=O) groups excluding carboxylic acids is 2. The van der Waals surface area contributed by atoms with Crippen LogP contribution in [0.2, 0.25) is 0 Å². The van der Waals surface area contributed by atoms with Crippen LogP contribution in [0.4, 0.5) is 4.79 Å². The van der Waals surface area contributed by atoms with Gasteiger partial charge in [0.2, 0.25) is 0 Å². The van der Waals surface area contributed by atoms with Crippen molar-refractivity contribution in [3.63, 3.8) is 0 Å². The molecule has 0 spiro atoms. The van der Waals surface area contributed by atoms with Gasteiger partial charge in [0.1, 0.15) is 12.4 Å². The molecule has 3 rings (SSSR count). The van der Waals surface area contributed by atoms with Crippen molar-refractivity contribution < 1.29 is 19.1 Å². The summed E-state index contributed by atoms with van der Waals surface area (Å²) in [4.78, 5) is 23.4. The monoisotopic (exact) mass is 274 g/mol. The molecule has 1 aromatic carbocycles. The number of hydrogen-bond donors (Lipinski definition) is 2. The number of cyclic esters (lactones) is 1. The van der Waals surface area contributed by atoms with Crippen LogP contribution in [0.5, 0.6) is 5.75 Å². The number of ether oxygens (including phenoxy) is 2. The van der Waals surface area contributed by atoms with Crippen LogP contribution < -0.4 is 15.4 Å². The molecule has 2 N–H and O–H groups in total. The fourth-order valence-corrected chi connectivity index (χ4v) is 2.36. The molecule has 0 aliphatic carbocycles. The van der Waals surface area contributed by atoms with Gasteiger partial charge in [0.15, 0.2) is 0 Å². The molecule has 2 heterocycles. The van der Waals surface area contributed by atoms with Gasteiger partial charge in [-0.05, 0) is 24.6 Å². The lowest BCUT2D eigenvalue weighted by molar-refractivity contribution is -0.136. The summed E-state index contributed by atoms with van der Waals surface area (Å²) >= 11 is 0. The first kappa shape index (κ1) is 12.5. The van der Waals surface area contributed by atoms with Gasteiger partial charge in [0.05, 0.1) is 23.9 Å². The van der Waals surface area contributed by atoms with Crippen LogP contribution in [0.3, 0.4) is 0 Å². The minimum atomic E-state index is -0.482. The van der Waals surface area contributed by atoms with E-state index in [1.807, 2.05) is 31.2 Å². The summed E-state index contributed by atoms with van der Waals surface area (Å²) in [6, 6.07) is 6.47. The van der Waals surface area contributed by atoms with Gasteiger partial charge in [0, 0.05) is 0 Å². The number of nitrogens with one attached hydrogen (secondary N) is 2. The molecule has 6 heteroatoms. The van der Waals surface area contributed by atoms with Crippen molar-refractivity contribution >= 4 is 12.0 Å². The minimum absolute atomic E-state index is 0.120. The number of benzene rings is 1. The van der Waals surface area contributed by atoms with Gasteiger partial charge in [-0.1, -0.05) is 12.1 Å². The summed E-state index contributed by atoms with van der Waals surface area (Å²) in [5.41, 5.74) is 1.82. The molecule has 0 saturated heterocycles. The van der Waals surface area contributed by atoms with Crippen molar-refractivity contribution in [3.8, 4) is 5.75 Å². The molecule has 2 aliphatic heterocycles. The molecular formula is C14H14N2O4. The van der Waals surface area contributed by atoms with Gasteiger partial charge in [-0.15, -0.1) is 0 Å². The third-order valence-electron chi connectivity index (χ3n) is 3.25. The summed E-state index contributed by atoms with van der Waals surface area (Å²) < 4.78 is 10.3. The molecule has 0 aromatic heterocycles. The molecular weight excluding hydrogens is 260 g/mol. The Morgan fingerprint density at radius 1 is 1.30 bits per heavy atom. The highest BCUT2D eigenvalue weighted by Gasteiger charge is 2.37. The Labute approximate surface area is 115 Å². The Morgan fingerprint density at radius 3 is 2.75 bits per heavy atom. The summed E-state index contributed by atoms with van der Waals surface area (Å²) in [5.74, 6) is 0.353. The lowest BCUT2D eigenvalue weighted by atomic mass is 9.96. The quantitative estimate of drug-likeness (QED) is 0.813. The van der Waals surface area contributed by atoms with Crippen LogP contribution in [0.25, 0.3) is 0 Å². The highest BCUT2D eigenvalue weighted by Crippen LogP contribution is 2.31. The van der Waals surface area contributed by atoms with Crippen molar-refractivity contribution in [1.29, 1.82) is 0 Å². The van der Waals surface area contributed by atoms with Crippen molar-refractivity contribution in [2.45, 2.75) is 13.0 Å². The van der Waals surface area contributed by atoms with E-state index in [4.69, 9.17) is 9.47 Å². The number of amides is 2. The standard InChI is InChI=1S/C14H14N2O4/c1-2-19-9-5-3-8(4-6-9)12-11-10(7-20-13(11)17)15-14(18)16-12/h3-6,12H,2,7H2,1H3,(H2,15,16,18)/t12-/m1/s1. The van der Waals surface area contributed by atoms with E-state index in [1.54, 1.807) is 0 Å². The average Bonchev–Trinajstić information content (AvgIpc) is 2.81. The van der Waals surface area contributed by atoms with Crippen molar-refractivity contribution in [2.24, 2.45) is 0 Å². The lowest BCUT2D eigenvalue weighted by Crippen LogP contribution is -2.44. The third-order valence-corrected chi connectivity index (χ3v) is 3.25. The average molecular weight is 274 g/mol. The van der Waals surface area contributed by atoms with E-state index in [-0.39, 0.29) is 12.6 Å². The molecule has 0 saturated carbocycles. The summed E-state index contributed by atoms with van der Waals surface area (Å²) in [7, 11) is 0. The molecule has 104 valence electrons. The second-order valence-electron chi connectivity index (χ2n) is 4.50. The van der Waals surface area contributed by atoms with Gasteiger partial charge in [-0.25, -0.2) is 9.59 Å². The predicted molar refractivity (Wildman–Crippen MR) is 70.0 cm³/mol. The van der Waals surface area contributed by atoms with Gasteiger partial charge in [0.25, 0.3) is 0 Å². The maximum atomic E-state index is 11.8. The first-order chi connectivity index (χ1) is 9.69. The van der Waals surface area contributed by atoms with E-state index in [1.165, 1.54) is 0 Å². The molecule has 6 nitrogen and oxygen atoms in total. The molecule has 1 aromatic rings. The van der Waals surface area contributed by atoms with E-state index in [2.05, 4.69) is 10.6 Å². The lowest BCUT2D eigenvalue weighted by Gasteiger charge is -2.24. The molecule has 0 radical (unpaired) electrons. The highest BCUT2D eigenvalue weighted by molar-refractivity contribution is 5.97. The maximum absolute atomic E-state index is 11.8. The normalized spacial score (nSPS) is 20.9. The van der Waals surface area contributed by atoms with Crippen LogP contribution in [0.15, 0.2) is 35.5 Å². The largest absolute Gasteiger partial charge is 0.494 e. The molecule has 2 aliphatic rings. The Hall–Kier alpha value is -2.50. The summed E-state index contributed by atoms with van der Waals surface area (Å²) in [6.07, 6.45) is 0. The van der Waals surface area contributed by atoms with Crippen LogP contribution in [-0.4, -0.2) is 25.2 Å². The van der Waals surface area contributed by atoms with E-state index in [0.717, 1.165) is 11.3 Å². The third kappa shape index (κ3) is 2.09. The topological polar surface area (TPSA) is 76.7 Å². The zero-order valence-corrected chi connectivity index (χ0v) is 10.9. The molecule has 1 atom stereocenters. The second-order valence-corrected chi connectivity index (χ2v) is 4.50. The Balaban J connectivity index is 1.93. The number of esters is 1. The molecule has 0 bridgehead atoms. The molecule has 20 heavy (non-hydrogen) atoms. The predicted octanol–water partition coefficient (Wildman–Crippen LogP) is 1.25. The number of carbonyl (C=O) groups is 2. The smallest absolute Gasteiger partial charge is 0.338 e. The Kier molecular flexibility index (Phi) is 3.06. The number of urea groups is 1. The van der Waals surface area contributed by atoms with E-state index >= 15 is 0 Å². The van der Waals surface area contributed by atoms with Crippen LogP contribution in [0.1, 0.15) is 18.5 Å². The molecule has 0 fully saturated rings. The Morgan fingerprint density at radius 2 is 2.05 bits per heavy atom. The van der Waals surface area contributed by atoms with E-state index in [9.17, 15) is 9.59 Å². The van der Waals surface area contributed by atoms with Gasteiger partial charge < -0.3 is 20.1 Å². The van der Waals surface area contributed by atoms with Crippen LogP contribution in [0, 0.1) is 0 Å². The van der Waals surface area contributed by atoms with Crippen LogP contribution >= 0.6 is 0 Å². The van der Waals surface area contributed by atoms with E-state index < -0.39 is 12.0 Å². The first-order valence-corrected chi connectivity index (χ1v) is 6.39. The van der Waals surface area contributed by atoms with E-state index in [0.29, 0.717) is 17.9 Å². The molecule has 2 amide bonds. The second kappa shape index (κ2) is 4.88. The van der Waals surface area contributed by atoms with Crippen LogP contribution in [-0.2, 0) is 9.53 Å². The van der Waals surface area contributed by atoms with Crippen molar-refractivity contribution in [2.75, 3.05) is 13.2 Å². The SMILES string of the molecule is CCOc1ccc([C@H]2NC(=O)NC3=C2C(=O)OC3)cc1. The fraction of sp³-hybridized carbons (Fsp3) is 0.286. The minimum Gasteiger partial charge on any atom is -0.494 e. The zero-order valence-electron chi connectivity index (χ0n) is 10.9. The molecule has 0 unspecified atom stereocenters. The van der Waals surface area contributed by atoms with Crippen molar-refractivity contribution in [3.05, 3.63) is 41.1 Å². The Bertz CT molecular complexity index is 592. The van der Waals surface area contributed by atoms with Gasteiger partial charge in [-0.2, -0.15) is 0 Å². The number of hydrogen-bond acceptors (Lipinski definition) is 4. The summed E-state index contributed by atoms with van der Waals surface area (Å²) in [6.45, 7) is 2.62. The highest BCUT2D eigenvalue weighted by atomic mass is 16.5. The number of rotatable bonds is 3. The fourth-order valence-electron chi connectivity index (χ4n) is 2.36.